The summed E-state index contributed by atoms with van der Waals surface area (Å²) in [5.74, 6) is 2.14. The second kappa shape index (κ2) is 11.9. The third-order valence-electron chi connectivity index (χ3n) is 4.21. The number of aromatic nitrogens is 3. The van der Waals surface area contributed by atoms with Crippen LogP contribution in [0.2, 0.25) is 0 Å². The Labute approximate surface area is 148 Å². The van der Waals surface area contributed by atoms with Crippen LogP contribution in [0.25, 0.3) is 0 Å². The van der Waals surface area contributed by atoms with Crippen molar-refractivity contribution in [2.45, 2.75) is 65.2 Å². The molecule has 0 spiro atoms. The molecule has 1 rings (SSSR count). The minimum atomic E-state index is 0.635. The molecular formula is C18H36N6. The first-order chi connectivity index (χ1) is 11.6. The third kappa shape index (κ3) is 7.32. The van der Waals surface area contributed by atoms with Gasteiger partial charge in [0.15, 0.2) is 0 Å². The zero-order valence-electron chi connectivity index (χ0n) is 16.3. The predicted octanol–water partition coefficient (Wildman–Crippen LogP) is 3.95. The molecule has 0 saturated heterocycles. The summed E-state index contributed by atoms with van der Waals surface area (Å²) in [4.78, 5) is 17.9. The van der Waals surface area contributed by atoms with Gasteiger partial charge in [-0.05, 0) is 12.8 Å². The van der Waals surface area contributed by atoms with Crippen molar-refractivity contribution in [3.8, 4) is 0 Å². The molecule has 0 saturated carbocycles. The second-order valence-electron chi connectivity index (χ2n) is 6.47. The van der Waals surface area contributed by atoms with Crippen LogP contribution in [-0.2, 0) is 0 Å². The Morgan fingerprint density at radius 3 is 1.54 bits per heavy atom. The molecule has 24 heavy (non-hydrogen) atoms. The molecule has 0 amide bonds. The van der Waals surface area contributed by atoms with E-state index >= 15 is 0 Å². The lowest BCUT2D eigenvalue weighted by Gasteiger charge is -2.21. The maximum Gasteiger partial charge on any atom is 0.231 e. The van der Waals surface area contributed by atoms with Crippen LogP contribution < -0.4 is 15.1 Å². The molecule has 0 atom stereocenters. The number of hydrogen-bond acceptors (Lipinski definition) is 6. The maximum absolute atomic E-state index is 4.67. The summed E-state index contributed by atoms with van der Waals surface area (Å²) < 4.78 is 0. The van der Waals surface area contributed by atoms with Crippen LogP contribution in [0.3, 0.4) is 0 Å². The molecule has 0 unspecified atom stereocenters. The van der Waals surface area contributed by atoms with E-state index in [1.165, 1.54) is 51.4 Å². The standard InChI is InChI=1S/C18H36N6/c1-6-8-10-12-14-23(4)17-20-16(19-3)21-18(22-17)24(5)15-13-11-9-7-2/h6-15H2,1-5H3,(H,19,20,21,22). The molecule has 0 aliphatic rings. The normalized spacial score (nSPS) is 10.7. The van der Waals surface area contributed by atoms with Crippen LogP contribution in [-0.4, -0.2) is 49.2 Å². The van der Waals surface area contributed by atoms with Gasteiger partial charge in [-0.15, -0.1) is 0 Å². The van der Waals surface area contributed by atoms with Crippen molar-refractivity contribution in [3.63, 3.8) is 0 Å². The van der Waals surface area contributed by atoms with Gasteiger partial charge in [-0.1, -0.05) is 52.4 Å². The monoisotopic (exact) mass is 336 g/mol. The molecule has 0 fully saturated rings. The van der Waals surface area contributed by atoms with Crippen LogP contribution >= 0.6 is 0 Å². The van der Waals surface area contributed by atoms with E-state index in [1.807, 2.05) is 7.05 Å². The van der Waals surface area contributed by atoms with E-state index in [-0.39, 0.29) is 0 Å². The molecule has 1 N–H and O–H groups in total. The Balaban J connectivity index is 2.68. The van der Waals surface area contributed by atoms with Crippen LogP contribution in [0.1, 0.15) is 65.2 Å². The fourth-order valence-electron chi connectivity index (χ4n) is 2.56. The van der Waals surface area contributed by atoms with Gasteiger partial charge in [0.25, 0.3) is 0 Å². The van der Waals surface area contributed by atoms with E-state index in [9.17, 15) is 0 Å². The van der Waals surface area contributed by atoms with Gasteiger partial charge >= 0.3 is 0 Å². The zero-order valence-corrected chi connectivity index (χ0v) is 16.3. The van der Waals surface area contributed by atoms with Crippen molar-refractivity contribution in [1.29, 1.82) is 0 Å². The fourth-order valence-corrected chi connectivity index (χ4v) is 2.56. The van der Waals surface area contributed by atoms with Gasteiger partial charge in [-0.2, -0.15) is 15.0 Å². The summed E-state index contributed by atoms with van der Waals surface area (Å²) in [6, 6.07) is 0. The lowest BCUT2D eigenvalue weighted by Crippen LogP contribution is -2.26. The van der Waals surface area contributed by atoms with E-state index in [2.05, 4.69) is 58.0 Å². The number of nitrogens with one attached hydrogen (secondary N) is 1. The Hall–Kier alpha value is -1.59. The second-order valence-corrected chi connectivity index (χ2v) is 6.47. The Bertz CT molecular complexity index is 415. The summed E-state index contributed by atoms with van der Waals surface area (Å²) in [6.07, 6.45) is 9.96. The highest BCUT2D eigenvalue weighted by atomic mass is 15.3. The van der Waals surface area contributed by atoms with Crippen molar-refractivity contribution >= 4 is 17.8 Å². The summed E-state index contributed by atoms with van der Waals surface area (Å²) >= 11 is 0. The number of hydrogen-bond donors (Lipinski definition) is 1. The molecule has 1 aromatic heterocycles. The molecule has 0 radical (unpaired) electrons. The molecule has 1 aromatic rings. The molecule has 0 aliphatic heterocycles. The van der Waals surface area contributed by atoms with Crippen LogP contribution in [0.15, 0.2) is 0 Å². The lowest BCUT2D eigenvalue weighted by molar-refractivity contribution is 0.649. The third-order valence-corrected chi connectivity index (χ3v) is 4.21. The van der Waals surface area contributed by atoms with E-state index in [0.29, 0.717) is 5.95 Å². The minimum Gasteiger partial charge on any atom is -0.357 e. The molecule has 0 aromatic carbocycles. The van der Waals surface area contributed by atoms with Gasteiger partial charge in [0.05, 0.1) is 0 Å². The van der Waals surface area contributed by atoms with Crippen LogP contribution in [0, 0.1) is 0 Å². The van der Waals surface area contributed by atoms with Gasteiger partial charge < -0.3 is 15.1 Å². The Morgan fingerprint density at radius 1 is 0.708 bits per heavy atom. The van der Waals surface area contributed by atoms with Gasteiger partial charge in [-0.3, -0.25) is 0 Å². The SMILES string of the molecule is CCCCCCN(C)c1nc(NC)nc(N(C)CCCCCC)n1. The molecule has 0 aliphatic carbocycles. The maximum atomic E-state index is 4.67. The largest absolute Gasteiger partial charge is 0.357 e. The van der Waals surface area contributed by atoms with E-state index in [4.69, 9.17) is 0 Å². The number of nitrogens with zero attached hydrogens (tertiary/aromatic N) is 5. The van der Waals surface area contributed by atoms with Crippen molar-refractivity contribution in [3.05, 3.63) is 0 Å². The van der Waals surface area contributed by atoms with Gasteiger partial charge in [-0.25, -0.2) is 0 Å². The number of rotatable bonds is 13. The smallest absolute Gasteiger partial charge is 0.231 e. The highest BCUT2D eigenvalue weighted by Gasteiger charge is 2.12. The van der Waals surface area contributed by atoms with Crippen molar-refractivity contribution in [2.75, 3.05) is 49.3 Å². The molecule has 1 heterocycles. The molecule has 6 heteroatoms. The minimum absolute atomic E-state index is 0.635. The van der Waals surface area contributed by atoms with E-state index in [0.717, 1.165) is 25.0 Å². The molecular weight excluding hydrogens is 300 g/mol. The van der Waals surface area contributed by atoms with Gasteiger partial charge in [0.1, 0.15) is 0 Å². The first kappa shape index (κ1) is 20.5. The average Bonchev–Trinajstić information content (AvgIpc) is 2.61. The first-order valence-corrected chi connectivity index (χ1v) is 9.48. The number of anilines is 3. The topological polar surface area (TPSA) is 57.2 Å². The van der Waals surface area contributed by atoms with Crippen LogP contribution in [0.4, 0.5) is 17.8 Å². The molecule has 138 valence electrons. The average molecular weight is 337 g/mol. The predicted molar refractivity (Wildman–Crippen MR) is 104 cm³/mol. The molecule has 6 nitrogen and oxygen atoms in total. The summed E-state index contributed by atoms with van der Waals surface area (Å²) in [6.45, 7) is 6.43. The lowest BCUT2D eigenvalue weighted by atomic mass is 10.2. The molecule has 0 bridgehead atoms. The summed E-state index contributed by atoms with van der Waals surface area (Å²) in [7, 11) is 5.98. The zero-order chi connectivity index (χ0) is 17.8. The number of unbranched alkanes of at least 4 members (excludes halogenated alkanes) is 6. The van der Waals surface area contributed by atoms with Gasteiger partial charge in [0.2, 0.25) is 17.8 Å². The Kier molecular flexibility index (Phi) is 10.1. The van der Waals surface area contributed by atoms with Crippen molar-refractivity contribution in [1.82, 2.24) is 15.0 Å². The van der Waals surface area contributed by atoms with E-state index < -0.39 is 0 Å². The quantitative estimate of drug-likeness (QED) is 0.551. The van der Waals surface area contributed by atoms with Crippen molar-refractivity contribution in [2.24, 2.45) is 0 Å². The summed E-state index contributed by atoms with van der Waals surface area (Å²) in [5, 5.41) is 3.05. The highest BCUT2D eigenvalue weighted by molar-refractivity contribution is 5.44. The first-order valence-electron chi connectivity index (χ1n) is 9.48. The Morgan fingerprint density at radius 2 is 1.17 bits per heavy atom. The fraction of sp³-hybridized carbons (Fsp3) is 0.833. The highest BCUT2D eigenvalue weighted by Crippen LogP contribution is 2.16. The summed E-state index contributed by atoms with van der Waals surface area (Å²) in [5.41, 5.74) is 0. The van der Waals surface area contributed by atoms with Crippen molar-refractivity contribution < 1.29 is 0 Å². The van der Waals surface area contributed by atoms with Crippen LogP contribution in [0.5, 0.6) is 0 Å². The van der Waals surface area contributed by atoms with E-state index in [1.54, 1.807) is 0 Å². The van der Waals surface area contributed by atoms with Gasteiger partial charge in [0, 0.05) is 34.2 Å².